The molecule has 0 aromatic rings. The van der Waals surface area contributed by atoms with Crippen LogP contribution in [0.1, 0.15) is 72.1 Å². The van der Waals surface area contributed by atoms with Crippen molar-refractivity contribution < 1.29 is 4.79 Å². The summed E-state index contributed by atoms with van der Waals surface area (Å²) in [7, 11) is 0. The van der Waals surface area contributed by atoms with E-state index in [1.54, 1.807) is 0 Å². The first-order valence-corrected chi connectivity index (χ1v) is 9.62. The van der Waals surface area contributed by atoms with Crippen molar-refractivity contribution in [2.24, 2.45) is 40.4 Å². The van der Waals surface area contributed by atoms with Crippen LogP contribution < -0.4 is 0 Å². The van der Waals surface area contributed by atoms with Crippen LogP contribution >= 0.6 is 0 Å². The number of fused-ring (bicyclic) bond motifs is 5. The summed E-state index contributed by atoms with van der Waals surface area (Å²) >= 11 is 0. The third-order valence-electron chi connectivity index (χ3n) is 8.70. The van der Waals surface area contributed by atoms with Crippen LogP contribution in [0.25, 0.3) is 0 Å². The number of rotatable bonds is 1. The maximum atomic E-state index is 12.1. The van der Waals surface area contributed by atoms with Gasteiger partial charge in [-0.3, -0.25) is 4.79 Å². The molecule has 0 aromatic heterocycles. The van der Waals surface area contributed by atoms with Gasteiger partial charge in [-0.25, -0.2) is 0 Å². The molecule has 0 aliphatic heterocycles. The Morgan fingerprint density at radius 2 is 1.73 bits per heavy atom. The van der Waals surface area contributed by atoms with Gasteiger partial charge in [-0.05, 0) is 92.8 Å². The van der Waals surface area contributed by atoms with Crippen LogP contribution in [-0.4, -0.2) is 5.78 Å². The molecule has 0 spiro atoms. The SMILES string of the molecule is CC(=O)[C@@H]1CC[C@@H]2[C@@H]3CC[C@H]4CC=CC[C@]4(C)[C@@H]3CC[C@@]21C. The van der Waals surface area contributed by atoms with Gasteiger partial charge in [0.1, 0.15) is 5.78 Å². The highest BCUT2D eigenvalue weighted by Crippen LogP contribution is 2.66. The fourth-order valence-corrected chi connectivity index (χ4v) is 7.51. The Balaban J connectivity index is 1.65. The van der Waals surface area contributed by atoms with Crippen molar-refractivity contribution in [2.75, 3.05) is 0 Å². The van der Waals surface area contributed by atoms with Gasteiger partial charge in [-0.1, -0.05) is 26.0 Å². The van der Waals surface area contributed by atoms with Gasteiger partial charge in [0.05, 0.1) is 0 Å². The zero-order valence-corrected chi connectivity index (χ0v) is 14.6. The average Bonchev–Trinajstić information content (AvgIpc) is 2.84. The highest BCUT2D eigenvalue weighted by atomic mass is 16.1. The molecule has 0 bridgehead atoms. The summed E-state index contributed by atoms with van der Waals surface area (Å²) in [5.74, 6) is 4.38. The molecule has 22 heavy (non-hydrogen) atoms. The molecular formula is C21H32O. The second kappa shape index (κ2) is 4.95. The van der Waals surface area contributed by atoms with Crippen LogP contribution in [0, 0.1) is 40.4 Å². The van der Waals surface area contributed by atoms with Crippen molar-refractivity contribution in [2.45, 2.75) is 72.1 Å². The lowest BCUT2D eigenvalue weighted by molar-refractivity contribution is -0.131. The van der Waals surface area contributed by atoms with Crippen LogP contribution in [0.3, 0.4) is 0 Å². The molecule has 0 heterocycles. The van der Waals surface area contributed by atoms with E-state index in [9.17, 15) is 4.79 Å². The van der Waals surface area contributed by atoms with Crippen molar-refractivity contribution in [3.8, 4) is 0 Å². The summed E-state index contributed by atoms with van der Waals surface area (Å²) in [6.45, 7) is 6.90. The maximum Gasteiger partial charge on any atom is 0.133 e. The van der Waals surface area contributed by atoms with Gasteiger partial charge in [0.2, 0.25) is 0 Å². The van der Waals surface area contributed by atoms with Crippen LogP contribution in [0.4, 0.5) is 0 Å². The quantitative estimate of drug-likeness (QED) is 0.592. The molecule has 0 saturated heterocycles. The minimum atomic E-state index is 0.320. The molecule has 1 nitrogen and oxygen atoms in total. The van der Waals surface area contributed by atoms with E-state index in [4.69, 9.17) is 0 Å². The van der Waals surface area contributed by atoms with Gasteiger partial charge < -0.3 is 0 Å². The lowest BCUT2D eigenvalue weighted by Gasteiger charge is -2.59. The first kappa shape index (κ1) is 15.0. The van der Waals surface area contributed by atoms with Crippen LogP contribution in [-0.2, 0) is 4.79 Å². The van der Waals surface area contributed by atoms with E-state index >= 15 is 0 Å². The van der Waals surface area contributed by atoms with Gasteiger partial charge in [-0.15, -0.1) is 0 Å². The van der Waals surface area contributed by atoms with E-state index < -0.39 is 0 Å². The number of allylic oxidation sites excluding steroid dienone is 2. The Kier molecular flexibility index (Phi) is 3.37. The summed E-state index contributed by atoms with van der Waals surface area (Å²) in [6, 6.07) is 0. The third-order valence-corrected chi connectivity index (χ3v) is 8.70. The summed E-state index contributed by atoms with van der Waals surface area (Å²) < 4.78 is 0. The number of Topliss-reactive ketones (excluding diaryl/α,β-unsaturated/α-hetero) is 1. The van der Waals surface area contributed by atoms with Crippen LogP contribution in [0.15, 0.2) is 12.2 Å². The summed E-state index contributed by atoms with van der Waals surface area (Å²) in [5, 5.41) is 0. The zero-order valence-electron chi connectivity index (χ0n) is 14.6. The molecule has 3 saturated carbocycles. The second-order valence-electron chi connectivity index (χ2n) is 9.35. The van der Waals surface area contributed by atoms with Gasteiger partial charge in [0.25, 0.3) is 0 Å². The van der Waals surface area contributed by atoms with E-state index in [1.807, 2.05) is 6.92 Å². The van der Waals surface area contributed by atoms with E-state index in [1.165, 1.54) is 51.4 Å². The standard InChI is InChI=1S/C21H32O/c1-14(22)17-9-10-18-16-8-7-15-6-4-5-12-20(15,2)19(16)11-13-21(17,18)3/h4-5,15-19H,6-13H2,1-3H3/t15-,16+,17+,18-,19-,20+,21-/m1/s1. The fraction of sp³-hybridized carbons (Fsp3) is 0.857. The average molecular weight is 300 g/mol. The predicted molar refractivity (Wildman–Crippen MR) is 90.4 cm³/mol. The lowest BCUT2D eigenvalue weighted by Crippen LogP contribution is -2.52. The highest BCUT2D eigenvalue weighted by Gasteiger charge is 2.59. The molecule has 0 N–H and O–H groups in total. The van der Waals surface area contributed by atoms with Gasteiger partial charge >= 0.3 is 0 Å². The maximum absolute atomic E-state index is 12.1. The predicted octanol–water partition coefficient (Wildman–Crippen LogP) is 5.40. The fourth-order valence-electron chi connectivity index (χ4n) is 7.51. The molecule has 0 amide bonds. The normalized spacial score (nSPS) is 53.5. The van der Waals surface area contributed by atoms with E-state index in [0.717, 1.165) is 23.7 Å². The second-order valence-corrected chi connectivity index (χ2v) is 9.35. The topological polar surface area (TPSA) is 17.1 Å². The first-order chi connectivity index (χ1) is 10.5. The van der Waals surface area contributed by atoms with Crippen LogP contribution in [0.5, 0.6) is 0 Å². The molecule has 7 atom stereocenters. The molecular weight excluding hydrogens is 268 g/mol. The van der Waals surface area contributed by atoms with Crippen molar-refractivity contribution >= 4 is 5.78 Å². The number of hydrogen-bond acceptors (Lipinski definition) is 1. The van der Waals surface area contributed by atoms with Gasteiger partial charge in [0, 0.05) is 5.92 Å². The van der Waals surface area contributed by atoms with Crippen LogP contribution in [0.2, 0.25) is 0 Å². The Morgan fingerprint density at radius 3 is 2.50 bits per heavy atom. The Hall–Kier alpha value is -0.590. The molecule has 122 valence electrons. The summed E-state index contributed by atoms with van der Waals surface area (Å²) in [4.78, 5) is 12.1. The molecule has 1 heteroatoms. The van der Waals surface area contributed by atoms with E-state index in [0.29, 0.717) is 22.5 Å². The first-order valence-electron chi connectivity index (χ1n) is 9.62. The largest absolute Gasteiger partial charge is 0.300 e. The minimum absolute atomic E-state index is 0.320. The number of carbonyl (C=O) groups excluding carboxylic acids is 1. The molecule has 0 radical (unpaired) electrons. The summed E-state index contributed by atoms with van der Waals surface area (Å²) in [6.07, 6.45) is 15.5. The van der Waals surface area contributed by atoms with Crippen molar-refractivity contribution in [3.63, 3.8) is 0 Å². The lowest BCUT2D eigenvalue weighted by atomic mass is 9.45. The smallest absolute Gasteiger partial charge is 0.133 e. The molecule has 0 aromatic carbocycles. The third kappa shape index (κ3) is 1.86. The monoisotopic (exact) mass is 300 g/mol. The Morgan fingerprint density at radius 1 is 0.955 bits per heavy atom. The molecule has 3 fully saturated rings. The Labute approximate surface area is 135 Å². The molecule has 0 unspecified atom stereocenters. The molecule has 4 aliphatic carbocycles. The number of carbonyl (C=O) groups is 1. The minimum Gasteiger partial charge on any atom is -0.300 e. The van der Waals surface area contributed by atoms with Crippen molar-refractivity contribution in [1.82, 2.24) is 0 Å². The number of ketones is 1. The summed E-state index contributed by atoms with van der Waals surface area (Å²) in [5.41, 5.74) is 0.869. The zero-order chi connectivity index (χ0) is 15.5. The van der Waals surface area contributed by atoms with Crippen molar-refractivity contribution in [3.05, 3.63) is 12.2 Å². The Bertz CT molecular complexity index is 506. The highest BCUT2D eigenvalue weighted by molar-refractivity contribution is 5.79. The van der Waals surface area contributed by atoms with Gasteiger partial charge in [-0.2, -0.15) is 0 Å². The van der Waals surface area contributed by atoms with E-state index in [2.05, 4.69) is 26.0 Å². The van der Waals surface area contributed by atoms with Crippen molar-refractivity contribution in [1.29, 1.82) is 0 Å². The number of hydrogen-bond donors (Lipinski definition) is 0. The molecule has 4 aliphatic rings. The van der Waals surface area contributed by atoms with E-state index in [-0.39, 0.29) is 0 Å². The molecule has 4 rings (SSSR count). The van der Waals surface area contributed by atoms with Gasteiger partial charge in [0.15, 0.2) is 0 Å².